The topological polar surface area (TPSA) is 60.2 Å². The van der Waals surface area contributed by atoms with Crippen molar-refractivity contribution in [1.29, 1.82) is 0 Å². The number of aromatic nitrogens is 1. The number of benzene rings is 1. The first-order valence-electron chi connectivity index (χ1n) is 5.01. The molecule has 1 aromatic carbocycles. The molecule has 0 radical (unpaired) electrons. The summed E-state index contributed by atoms with van der Waals surface area (Å²) >= 11 is 5.94. The standard InChI is InChI=1S/C12H12ClN3O/c1-17-11-7-9(2-3-10(11)13)16-12-6-8(14)4-5-15-12/h2-7H,1H3,(H3,14,15,16). The molecule has 0 saturated carbocycles. The second kappa shape index (κ2) is 4.93. The van der Waals surface area contributed by atoms with E-state index in [0.717, 1.165) is 5.69 Å². The first-order valence-corrected chi connectivity index (χ1v) is 5.39. The molecule has 17 heavy (non-hydrogen) atoms. The van der Waals surface area contributed by atoms with E-state index in [1.165, 1.54) is 0 Å². The lowest BCUT2D eigenvalue weighted by atomic mass is 10.3. The molecule has 0 atom stereocenters. The summed E-state index contributed by atoms with van der Waals surface area (Å²) in [5.74, 6) is 1.29. The van der Waals surface area contributed by atoms with Crippen LogP contribution in [0.1, 0.15) is 0 Å². The van der Waals surface area contributed by atoms with Crippen LogP contribution in [0.5, 0.6) is 5.75 Å². The van der Waals surface area contributed by atoms with E-state index in [1.54, 1.807) is 37.6 Å². The van der Waals surface area contributed by atoms with Crippen LogP contribution in [0.25, 0.3) is 0 Å². The molecule has 4 nitrogen and oxygen atoms in total. The molecule has 1 aromatic heterocycles. The highest BCUT2D eigenvalue weighted by molar-refractivity contribution is 6.32. The van der Waals surface area contributed by atoms with E-state index < -0.39 is 0 Å². The maximum absolute atomic E-state index is 5.94. The highest BCUT2D eigenvalue weighted by atomic mass is 35.5. The zero-order chi connectivity index (χ0) is 12.3. The van der Waals surface area contributed by atoms with Crippen molar-refractivity contribution in [2.75, 3.05) is 18.2 Å². The van der Waals surface area contributed by atoms with Crippen LogP contribution in [0.3, 0.4) is 0 Å². The average Bonchev–Trinajstić information content (AvgIpc) is 2.32. The fraction of sp³-hybridized carbons (Fsp3) is 0.0833. The summed E-state index contributed by atoms with van der Waals surface area (Å²) in [6.45, 7) is 0. The van der Waals surface area contributed by atoms with Gasteiger partial charge in [0.1, 0.15) is 11.6 Å². The Hall–Kier alpha value is -1.94. The number of hydrogen-bond acceptors (Lipinski definition) is 4. The number of ether oxygens (including phenoxy) is 1. The molecule has 0 amide bonds. The van der Waals surface area contributed by atoms with Crippen molar-refractivity contribution in [2.24, 2.45) is 0 Å². The molecule has 0 aliphatic carbocycles. The van der Waals surface area contributed by atoms with Crippen molar-refractivity contribution in [3.8, 4) is 5.75 Å². The monoisotopic (exact) mass is 249 g/mol. The van der Waals surface area contributed by atoms with Crippen molar-refractivity contribution in [3.05, 3.63) is 41.6 Å². The number of pyridine rings is 1. The third kappa shape index (κ3) is 2.79. The number of halogens is 1. The van der Waals surface area contributed by atoms with Crippen molar-refractivity contribution in [1.82, 2.24) is 4.98 Å². The Bertz CT molecular complexity index is 531. The summed E-state index contributed by atoms with van der Waals surface area (Å²) in [5.41, 5.74) is 7.16. The van der Waals surface area contributed by atoms with Gasteiger partial charge in [-0.1, -0.05) is 11.6 Å². The van der Waals surface area contributed by atoms with E-state index in [9.17, 15) is 0 Å². The molecule has 88 valence electrons. The van der Waals surface area contributed by atoms with Crippen LogP contribution in [-0.2, 0) is 0 Å². The lowest BCUT2D eigenvalue weighted by Gasteiger charge is -2.08. The first kappa shape index (κ1) is 11.5. The van der Waals surface area contributed by atoms with Gasteiger partial charge in [0.15, 0.2) is 0 Å². The SMILES string of the molecule is COc1cc(Nc2cc(N)ccn2)ccc1Cl. The molecule has 0 spiro atoms. The number of nitrogens with zero attached hydrogens (tertiary/aromatic N) is 1. The van der Waals surface area contributed by atoms with Gasteiger partial charge < -0.3 is 15.8 Å². The van der Waals surface area contributed by atoms with Crippen LogP contribution in [0.4, 0.5) is 17.2 Å². The number of nitrogens with one attached hydrogen (secondary N) is 1. The normalized spacial score (nSPS) is 10.0. The minimum Gasteiger partial charge on any atom is -0.495 e. The van der Waals surface area contributed by atoms with Gasteiger partial charge in [0.05, 0.1) is 12.1 Å². The van der Waals surface area contributed by atoms with E-state index in [4.69, 9.17) is 22.1 Å². The number of anilines is 3. The third-order valence-corrected chi connectivity index (χ3v) is 2.52. The van der Waals surface area contributed by atoms with Gasteiger partial charge in [-0.2, -0.15) is 0 Å². The van der Waals surface area contributed by atoms with Crippen molar-refractivity contribution >= 4 is 28.8 Å². The summed E-state index contributed by atoms with van der Waals surface area (Å²) in [4.78, 5) is 4.15. The fourth-order valence-electron chi connectivity index (χ4n) is 1.40. The summed E-state index contributed by atoms with van der Waals surface area (Å²) in [7, 11) is 1.57. The van der Waals surface area contributed by atoms with Gasteiger partial charge in [-0.15, -0.1) is 0 Å². The summed E-state index contributed by atoms with van der Waals surface area (Å²) < 4.78 is 5.13. The van der Waals surface area contributed by atoms with Gasteiger partial charge in [0.25, 0.3) is 0 Å². The lowest BCUT2D eigenvalue weighted by Crippen LogP contribution is -1.95. The van der Waals surface area contributed by atoms with E-state index in [0.29, 0.717) is 22.3 Å². The number of nitrogens with two attached hydrogens (primary N) is 1. The van der Waals surface area contributed by atoms with Crippen molar-refractivity contribution < 1.29 is 4.74 Å². The minimum absolute atomic E-state index is 0.568. The second-order valence-corrected chi connectivity index (χ2v) is 3.86. The van der Waals surface area contributed by atoms with Gasteiger partial charge in [-0.3, -0.25) is 0 Å². The molecular formula is C12H12ClN3O. The molecule has 2 rings (SSSR count). The molecule has 0 aliphatic rings. The quantitative estimate of drug-likeness (QED) is 0.878. The summed E-state index contributed by atoms with van der Waals surface area (Å²) in [5, 5.41) is 3.69. The maximum atomic E-state index is 5.94. The fourth-order valence-corrected chi connectivity index (χ4v) is 1.60. The van der Waals surface area contributed by atoms with Crippen LogP contribution in [0.2, 0.25) is 5.02 Å². The number of hydrogen-bond donors (Lipinski definition) is 2. The molecule has 0 unspecified atom stereocenters. The van der Waals surface area contributed by atoms with E-state index in [1.807, 2.05) is 6.07 Å². The van der Waals surface area contributed by atoms with Crippen LogP contribution < -0.4 is 15.8 Å². The summed E-state index contributed by atoms with van der Waals surface area (Å²) in [6.07, 6.45) is 1.64. The Balaban J connectivity index is 2.24. The Labute approximate surface area is 104 Å². The highest BCUT2D eigenvalue weighted by Gasteiger charge is 2.02. The average molecular weight is 250 g/mol. The summed E-state index contributed by atoms with van der Waals surface area (Å²) in [6, 6.07) is 8.88. The van der Waals surface area contributed by atoms with Crippen molar-refractivity contribution in [3.63, 3.8) is 0 Å². The van der Waals surface area contributed by atoms with Gasteiger partial charge in [0, 0.05) is 29.7 Å². The minimum atomic E-state index is 0.568. The van der Waals surface area contributed by atoms with Gasteiger partial charge in [0.2, 0.25) is 0 Å². The maximum Gasteiger partial charge on any atom is 0.139 e. The van der Waals surface area contributed by atoms with Crippen LogP contribution >= 0.6 is 11.6 Å². The van der Waals surface area contributed by atoms with Gasteiger partial charge >= 0.3 is 0 Å². The van der Waals surface area contributed by atoms with Crippen LogP contribution in [0, 0.1) is 0 Å². The van der Waals surface area contributed by atoms with Crippen LogP contribution in [-0.4, -0.2) is 12.1 Å². The molecule has 1 heterocycles. The Morgan fingerprint density at radius 3 is 2.82 bits per heavy atom. The van der Waals surface area contributed by atoms with E-state index in [2.05, 4.69) is 10.3 Å². The Morgan fingerprint density at radius 1 is 1.29 bits per heavy atom. The molecule has 3 N–H and O–H groups in total. The first-order chi connectivity index (χ1) is 8.19. The molecule has 2 aromatic rings. The molecule has 0 fully saturated rings. The number of methoxy groups -OCH3 is 1. The third-order valence-electron chi connectivity index (χ3n) is 2.21. The van der Waals surface area contributed by atoms with Gasteiger partial charge in [-0.05, 0) is 18.2 Å². The zero-order valence-electron chi connectivity index (χ0n) is 9.27. The zero-order valence-corrected chi connectivity index (χ0v) is 10.0. The smallest absolute Gasteiger partial charge is 0.139 e. The number of nitrogen functional groups attached to an aromatic ring is 1. The lowest BCUT2D eigenvalue weighted by molar-refractivity contribution is 0.415. The van der Waals surface area contributed by atoms with Crippen LogP contribution in [0.15, 0.2) is 36.5 Å². The molecule has 0 bridgehead atoms. The largest absolute Gasteiger partial charge is 0.495 e. The van der Waals surface area contributed by atoms with Gasteiger partial charge in [-0.25, -0.2) is 4.98 Å². The number of rotatable bonds is 3. The highest BCUT2D eigenvalue weighted by Crippen LogP contribution is 2.28. The molecule has 5 heteroatoms. The predicted molar refractivity (Wildman–Crippen MR) is 69.9 cm³/mol. The van der Waals surface area contributed by atoms with E-state index in [-0.39, 0.29) is 0 Å². The van der Waals surface area contributed by atoms with E-state index >= 15 is 0 Å². The predicted octanol–water partition coefficient (Wildman–Crippen LogP) is 3.07. The molecule has 0 saturated heterocycles. The Kier molecular flexibility index (Phi) is 3.35. The Morgan fingerprint density at radius 2 is 2.12 bits per heavy atom. The molecule has 0 aliphatic heterocycles. The van der Waals surface area contributed by atoms with Crippen molar-refractivity contribution in [2.45, 2.75) is 0 Å². The molecular weight excluding hydrogens is 238 g/mol. The second-order valence-electron chi connectivity index (χ2n) is 3.45.